The number of nitro groups is 1. The van der Waals surface area contributed by atoms with Crippen LogP contribution in [0.4, 0.5) is 11.4 Å². The summed E-state index contributed by atoms with van der Waals surface area (Å²) in [5.41, 5.74) is 0.625. The quantitative estimate of drug-likeness (QED) is 0.230. The molecular formula is C16H25N5O2S. The molecule has 0 radical (unpaired) electrons. The number of hydrogen-bond donors (Lipinski definition) is 3. The summed E-state index contributed by atoms with van der Waals surface area (Å²) in [6.45, 7) is 1.20. The Balaban J connectivity index is 1.74. The van der Waals surface area contributed by atoms with Gasteiger partial charge in [0.05, 0.1) is 4.92 Å². The zero-order chi connectivity index (χ0) is 17.4. The van der Waals surface area contributed by atoms with Gasteiger partial charge in [0.15, 0.2) is 5.96 Å². The highest BCUT2D eigenvalue weighted by atomic mass is 32.2. The summed E-state index contributed by atoms with van der Waals surface area (Å²) < 4.78 is 0. The Labute approximate surface area is 146 Å². The van der Waals surface area contributed by atoms with Crippen LogP contribution in [0.5, 0.6) is 0 Å². The Kier molecular flexibility index (Phi) is 7.17. The highest BCUT2D eigenvalue weighted by molar-refractivity contribution is 7.99. The molecule has 1 saturated carbocycles. The van der Waals surface area contributed by atoms with Crippen molar-refractivity contribution in [1.29, 1.82) is 0 Å². The van der Waals surface area contributed by atoms with Crippen LogP contribution in [-0.2, 0) is 0 Å². The van der Waals surface area contributed by atoms with E-state index < -0.39 is 0 Å². The second kappa shape index (κ2) is 9.36. The van der Waals surface area contributed by atoms with Gasteiger partial charge in [0, 0.05) is 37.5 Å². The van der Waals surface area contributed by atoms with Crippen molar-refractivity contribution in [3.63, 3.8) is 0 Å². The molecule has 2 rings (SSSR count). The first-order valence-electron chi connectivity index (χ1n) is 8.11. The number of guanidine groups is 1. The average Bonchev–Trinajstić information content (AvgIpc) is 3.05. The largest absolute Gasteiger partial charge is 0.378 e. The summed E-state index contributed by atoms with van der Waals surface area (Å²) in [4.78, 5) is 14.8. The number of rotatable bonds is 7. The van der Waals surface area contributed by atoms with Crippen molar-refractivity contribution in [1.82, 2.24) is 10.6 Å². The lowest BCUT2D eigenvalue weighted by atomic mass is 10.2. The van der Waals surface area contributed by atoms with Crippen LogP contribution in [0.15, 0.2) is 29.3 Å². The van der Waals surface area contributed by atoms with Crippen LogP contribution < -0.4 is 16.0 Å². The van der Waals surface area contributed by atoms with E-state index in [9.17, 15) is 10.1 Å². The molecule has 1 aromatic rings. The smallest absolute Gasteiger partial charge is 0.292 e. The maximum atomic E-state index is 11.0. The molecule has 0 aromatic heterocycles. The Hall–Kier alpha value is -1.96. The molecule has 1 fully saturated rings. The summed E-state index contributed by atoms with van der Waals surface area (Å²) in [5, 5.41) is 21.5. The van der Waals surface area contributed by atoms with Gasteiger partial charge in [-0.1, -0.05) is 12.1 Å². The Morgan fingerprint density at radius 3 is 2.83 bits per heavy atom. The predicted molar refractivity (Wildman–Crippen MR) is 101 cm³/mol. The maximum absolute atomic E-state index is 11.0. The first kappa shape index (κ1) is 18.4. The molecule has 132 valence electrons. The Morgan fingerprint density at radius 2 is 2.17 bits per heavy atom. The number of aliphatic imine (C=N–C) groups is 1. The van der Waals surface area contributed by atoms with Crippen molar-refractivity contribution >= 4 is 29.1 Å². The van der Waals surface area contributed by atoms with Crippen molar-refractivity contribution < 1.29 is 4.92 Å². The van der Waals surface area contributed by atoms with Crippen LogP contribution in [0.1, 0.15) is 19.3 Å². The highest BCUT2D eigenvalue weighted by Gasteiger charge is 2.24. The molecule has 1 aromatic carbocycles. The van der Waals surface area contributed by atoms with E-state index in [4.69, 9.17) is 0 Å². The molecule has 24 heavy (non-hydrogen) atoms. The fraction of sp³-hybridized carbons (Fsp3) is 0.562. The number of thioether (sulfide) groups is 1. The molecule has 0 heterocycles. The summed E-state index contributed by atoms with van der Waals surface area (Å²) >= 11 is 1.93. The zero-order valence-corrected chi connectivity index (χ0v) is 14.9. The van der Waals surface area contributed by atoms with Crippen molar-refractivity contribution in [2.45, 2.75) is 30.6 Å². The van der Waals surface area contributed by atoms with E-state index in [2.05, 4.69) is 27.2 Å². The molecule has 8 heteroatoms. The summed E-state index contributed by atoms with van der Waals surface area (Å²) in [6, 6.07) is 7.13. The number of benzene rings is 1. The van der Waals surface area contributed by atoms with Crippen molar-refractivity contribution in [2.75, 3.05) is 31.7 Å². The predicted octanol–water partition coefficient (Wildman–Crippen LogP) is 2.46. The molecule has 3 N–H and O–H groups in total. The normalized spacial score (nSPS) is 20.7. The van der Waals surface area contributed by atoms with E-state index in [-0.39, 0.29) is 10.6 Å². The molecule has 0 saturated heterocycles. The fourth-order valence-electron chi connectivity index (χ4n) is 2.83. The number of para-hydroxylation sites is 2. The van der Waals surface area contributed by atoms with Crippen LogP contribution in [0.25, 0.3) is 0 Å². The van der Waals surface area contributed by atoms with Crippen molar-refractivity contribution in [3.8, 4) is 0 Å². The van der Waals surface area contributed by atoms with E-state index in [0.29, 0.717) is 24.8 Å². The molecule has 0 amide bonds. The summed E-state index contributed by atoms with van der Waals surface area (Å²) in [5.74, 6) is 0.783. The average molecular weight is 351 g/mol. The fourth-order valence-corrected chi connectivity index (χ4v) is 3.63. The van der Waals surface area contributed by atoms with Crippen LogP contribution >= 0.6 is 11.8 Å². The van der Waals surface area contributed by atoms with E-state index in [1.54, 1.807) is 25.2 Å². The first-order valence-corrected chi connectivity index (χ1v) is 9.40. The van der Waals surface area contributed by atoms with Crippen molar-refractivity contribution in [3.05, 3.63) is 34.4 Å². The number of nitrogens with zero attached hydrogens (tertiary/aromatic N) is 2. The minimum atomic E-state index is -0.376. The number of anilines is 1. The lowest BCUT2D eigenvalue weighted by Gasteiger charge is -2.17. The van der Waals surface area contributed by atoms with Gasteiger partial charge >= 0.3 is 0 Å². The molecular weight excluding hydrogens is 326 g/mol. The lowest BCUT2D eigenvalue weighted by molar-refractivity contribution is -0.384. The van der Waals surface area contributed by atoms with Gasteiger partial charge in [-0.2, -0.15) is 11.8 Å². The van der Waals surface area contributed by atoms with Crippen LogP contribution in [0.3, 0.4) is 0 Å². The summed E-state index contributed by atoms with van der Waals surface area (Å²) in [6.07, 6.45) is 5.74. The molecule has 2 unspecified atom stereocenters. The molecule has 7 nitrogen and oxygen atoms in total. The van der Waals surface area contributed by atoms with Crippen molar-refractivity contribution in [2.24, 2.45) is 4.99 Å². The van der Waals surface area contributed by atoms with Gasteiger partial charge in [0.2, 0.25) is 0 Å². The van der Waals surface area contributed by atoms with Crippen LogP contribution in [-0.4, -0.2) is 48.6 Å². The van der Waals surface area contributed by atoms with Gasteiger partial charge < -0.3 is 16.0 Å². The van der Waals surface area contributed by atoms with Crippen LogP contribution in [0.2, 0.25) is 0 Å². The Bertz CT molecular complexity index is 581. The first-order chi connectivity index (χ1) is 11.6. The number of nitrogens with one attached hydrogen (secondary N) is 3. The molecule has 2 atom stereocenters. The van der Waals surface area contributed by atoms with E-state index in [1.807, 2.05) is 11.8 Å². The number of nitro benzene ring substituents is 1. The number of hydrogen-bond acceptors (Lipinski definition) is 5. The zero-order valence-electron chi connectivity index (χ0n) is 14.1. The van der Waals surface area contributed by atoms with Gasteiger partial charge in [-0.25, -0.2) is 0 Å². The van der Waals surface area contributed by atoms with Gasteiger partial charge in [-0.05, 0) is 31.6 Å². The topological polar surface area (TPSA) is 91.6 Å². The minimum Gasteiger partial charge on any atom is -0.378 e. The van der Waals surface area contributed by atoms with E-state index in [1.165, 1.54) is 18.9 Å². The highest BCUT2D eigenvalue weighted by Crippen LogP contribution is 2.28. The van der Waals surface area contributed by atoms with Gasteiger partial charge in [0.25, 0.3) is 5.69 Å². The molecule has 1 aliphatic rings. The second-order valence-corrected chi connectivity index (χ2v) is 6.85. The third-order valence-corrected chi connectivity index (χ3v) is 5.21. The molecule has 0 bridgehead atoms. The molecule has 0 aliphatic heterocycles. The van der Waals surface area contributed by atoms with Crippen LogP contribution in [0, 0.1) is 10.1 Å². The Morgan fingerprint density at radius 1 is 1.38 bits per heavy atom. The third kappa shape index (κ3) is 5.30. The standard InChI is InChI=1S/C16H25N5O2S/c1-17-16(20-12-7-8-13(11-12)24-2)19-10-9-18-14-5-3-4-6-15(14)21(22)23/h3-6,12-13,18H,7-11H2,1-2H3,(H2,17,19,20). The summed E-state index contributed by atoms with van der Waals surface area (Å²) in [7, 11) is 1.76. The van der Waals surface area contributed by atoms with Gasteiger partial charge in [0.1, 0.15) is 5.69 Å². The van der Waals surface area contributed by atoms with Gasteiger partial charge in [-0.3, -0.25) is 15.1 Å². The van der Waals surface area contributed by atoms with E-state index in [0.717, 1.165) is 17.6 Å². The molecule has 1 aliphatic carbocycles. The van der Waals surface area contributed by atoms with Gasteiger partial charge in [-0.15, -0.1) is 0 Å². The SMILES string of the molecule is CN=C(NCCNc1ccccc1[N+](=O)[O-])NC1CCC(SC)C1. The maximum Gasteiger partial charge on any atom is 0.292 e. The monoisotopic (exact) mass is 351 g/mol. The second-order valence-electron chi connectivity index (χ2n) is 5.71. The van der Waals surface area contributed by atoms with E-state index >= 15 is 0 Å². The minimum absolute atomic E-state index is 0.0917. The molecule has 0 spiro atoms. The lowest BCUT2D eigenvalue weighted by Crippen LogP contribution is -2.44. The third-order valence-electron chi connectivity index (χ3n) is 4.12.